The van der Waals surface area contributed by atoms with Crippen LogP contribution in [0.4, 0.5) is 0 Å². The summed E-state index contributed by atoms with van der Waals surface area (Å²) >= 11 is 0. The highest BCUT2D eigenvalue weighted by Crippen LogP contribution is 2.41. The van der Waals surface area contributed by atoms with Crippen molar-refractivity contribution >= 4 is 5.91 Å². The van der Waals surface area contributed by atoms with Crippen LogP contribution in [0.3, 0.4) is 0 Å². The first-order chi connectivity index (χ1) is 6.28. The summed E-state index contributed by atoms with van der Waals surface area (Å²) in [5.41, 5.74) is 0. The number of carbonyl (C=O) groups is 1. The smallest absolute Gasteiger partial charge is 0.243 e. The molecule has 0 saturated heterocycles. The number of carbonyl (C=O) groups excluding carboxylic acids is 1. The minimum atomic E-state index is -0.00806. The molecular formula is C11H17NO. The Bertz CT molecular complexity index is 212. The SMILES string of the molecule is C=CC(=O)NC1CC2CCC(C2)C1. The average Bonchev–Trinajstić information content (AvgIpc) is 2.46. The summed E-state index contributed by atoms with van der Waals surface area (Å²) in [4.78, 5) is 11.1. The molecule has 72 valence electrons. The summed E-state index contributed by atoms with van der Waals surface area (Å²) in [6.07, 6.45) is 7.92. The van der Waals surface area contributed by atoms with Gasteiger partial charge in [-0.1, -0.05) is 19.4 Å². The Morgan fingerprint density at radius 2 is 1.85 bits per heavy atom. The molecule has 2 nitrogen and oxygen atoms in total. The van der Waals surface area contributed by atoms with Crippen molar-refractivity contribution in [3.05, 3.63) is 12.7 Å². The monoisotopic (exact) mass is 179 g/mol. The molecular weight excluding hydrogens is 162 g/mol. The number of hydrogen-bond donors (Lipinski definition) is 1. The quantitative estimate of drug-likeness (QED) is 0.644. The lowest BCUT2D eigenvalue weighted by molar-refractivity contribution is -0.117. The largest absolute Gasteiger partial charge is 0.350 e. The van der Waals surface area contributed by atoms with Crippen LogP contribution in [0.15, 0.2) is 12.7 Å². The van der Waals surface area contributed by atoms with Crippen LogP contribution in [0, 0.1) is 11.8 Å². The highest BCUT2D eigenvalue weighted by Gasteiger charge is 2.34. The number of amides is 1. The Morgan fingerprint density at radius 1 is 1.23 bits per heavy atom. The molecule has 1 amide bonds. The zero-order valence-electron chi connectivity index (χ0n) is 7.96. The van der Waals surface area contributed by atoms with E-state index in [1.165, 1.54) is 38.2 Å². The normalized spacial score (nSPS) is 37.1. The minimum Gasteiger partial charge on any atom is -0.350 e. The minimum absolute atomic E-state index is 0.00806. The van der Waals surface area contributed by atoms with Crippen molar-refractivity contribution in [2.45, 2.75) is 38.1 Å². The van der Waals surface area contributed by atoms with E-state index in [1.807, 2.05) is 0 Å². The van der Waals surface area contributed by atoms with E-state index in [-0.39, 0.29) is 5.91 Å². The number of fused-ring (bicyclic) bond motifs is 2. The van der Waals surface area contributed by atoms with Gasteiger partial charge < -0.3 is 5.32 Å². The fourth-order valence-corrected chi connectivity index (χ4v) is 2.89. The third-order valence-electron chi connectivity index (χ3n) is 3.42. The molecule has 2 atom stereocenters. The number of nitrogens with one attached hydrogen (secondary N) is 1. The average molecular weight is 179 g/mol. The molecule has 2 bridgehead atoms. The fourth-order valence-electron chi connectivity index (χ4n) is 2.89. The first kappa shape index (κ1) is 8.79. The predicted molar refractivity (Wildman–Crippen MR) is 52.2 cm³/mol. The second-order valence-electron chi connectivity index (χ2n) is 4.43. The molecule has 2 saturated carbocycles. The molecule has 0 spiro atoms. The van der Waals surface area contributed by atoms with Gasteiger partial charge in [0, 0.05) is 6.04 Å². The second-order valence-corrected chi connectivity index (χ2v) is 4.43. The van der Waals surface area contributed by atoms with Gasteiger partial charge in [-0.05, 0) is 37.2 Å². The second kappa shape index (κ2) is 3.52. The van der Waals surface area contributed by atoms with Crippen LogP contribution >= 0.6 is 0 Å². The maximum Gasteiger partial charge on any atom is 0.243 e. The first-order valence-electron chi connectivity index (χ1n) is 5.21. The van der Waals surface area contributed by atoms with E-state index in [2.05, 4.69) is 11.9 Å². The lowest BCUT2D eigenvalue weighted by atomic mass is 9.85. The standard InChI is InChI=1S/C11H17NO/c1-2-11(13)12-10-6-8-3-4-9(5-8)7-10/h2,8-10H,1,3-7H2,(H,12,13). The summed E-state index contributed by atoms with van der Waals surface area (Å²) in [6.45, 7) is 3.47. The van der Waals surface area contributed by atoms with Crippen molar-refractivity contribution in [1.29, 1.82) is 0 Å². The molecule has 2 fully saturated rings. The molecule has 0 aromatic rings. The third kappa shape index (κ3) is 1.93. The van der Waals surface area contributed by atoms with Gasteiger partial charge in [0.05, 0.1) is 0 Å². The predicted octanol–water partition coefficient (Wildman–Crippen LogP) is 1.87. The molecule has 2 heteroatoms. The Labute approximate surface area is 79.4 Å². The van der Waals surface area contributed by atoms with Crippen molar-refractivity contribution in [3.8, 4) is 0 Å². The molecule has 0 aliphatic heterocycles. The summed E-state index contributed by atoms with van der Waals surface area (Å²) < 4.78 is 0. The molecule has 0 radical (unpaired) electrons. The van der Waals surface area contributed by atoms with Gasteiger partial charge >= 0.3 is 0 Å². The molecule has 0 aromatic carbocycles. The van der Waals surface area contributed by atoms with Crippen molar-refractivity contribution in [2.24, 2.45) is 11.8 Å². The van der Waals surface area contributed by atoms with Crippen molar-refractivity contribution < 1.29 is 4.79 Å². The lowest BCUT2D eigenvalue weighted by Crippen LogP contribution is -2.37. The van der Waals surface area contributed by atoms with Gasteiger partial charge in [0.25, 0.3) is 0 Å². The molecule has 2 aliphatic rings. The van der Waals surface area contributed by atoms with E-state index in [1.54, 1.807) is 0 Å². The highest BCUT2D eigenvalue weighted by atomic mass is 16.1. The molecule has 0 aromatic heterocycles. The van der Waals surface area contributed by atoms with E-state index in [0.717, 1.165) is 11.8 Å². The van der Waals surface area contributed by atoms with Crippen LogP contribution in [-0.4, -0.2) is 11.9 Å². The molecule has 0 heterocycles. The fraction of sp³-hybridized carbons (Fsp3) is 0.727. The van der Waals surface area contributed by atoms with Crippen LogP contribution in [0.5, 0.6) is 0 Å². The summed E-state index contributed by atoms with van der Waals surface area (Å²) in [7, 11) is 0. The van der Waals surface area contributed by atoms with Crippen LogP contribution < -0.4 is 5.32 Å². The molecule has 13 heavy (non-hydrogen) atoms. The lowest BCUT2D eigenvalue weighted by Gasteiger charge is -2.27. The Hall–Kier alpha value is -0.790. The van der Waals surface area contributed by atoms with E-state index in [4.69, 9.17) is 0 Å². The van der Waals surface area contributed by atoms with Crippen LogP contribution in [-0.2, 0) is 4.79 Å². The molecule has 2 unspecified atom stereocenters. The van der Waals surface area contributed by atoms with Crippen LogP contribution in [0.1, 0.15) is 32.1 Å². The van der Waals surface area contributed by atoms with Gasteiger partial charge in [0.1, 0.15) is 0 Å². The summed E-state index contributed by atoms with van der Waals surface area (Å²) in [6, 6.07) is 0.428. The zero-order valence-corrected chi connectivity index (χ0v) is 7.96. The Kier molecular flexibility index (Phi) is 2.38. The highest BCUT2D eigenvalue weighted by molar-refractivity contribution is 5.87. The zero-order chi connectivity index (χ0) is 9.26. The van der Waals surface area contributed by atoms with Crippen molar-refractivity contribution in [2.75, 3.05) is 0 Å². The maximum absolute atomic E-state index is 11.1. The number of rotatable bonds is 2. The molecule has 2 rings (SSSR count). The van der Waals surface area contributed by atoms with E-state index in [0.29, 0.717) is 6.04 Å². The van der Waals surface area contributed by atoms with Crippen LogP contribution in [0.25, 0.3) is 0 Å². The van der Waals surface area contributed by atoms with Gasteiger partial charge in [0.15, 0.2) is 0 Å². The van der Waals surface area contributed by atoms with Gasteiger partial charge in [-0.15, -0.1) is 0 Å². The topological polar surface area (TPSA) is 29.1 Å². The van der Waals surface area contributed by atoms with Gasteiger partial charge in [-0.2, -0.15) is 0 Å². The van der Waals surface area contributed by atoms with Crippen LogP contribution in [0.2, 0.25) is 0 Å². The van der Waals surface area contributed by atoms with Gasteiger partial charge in [0.2, 0.25) is 5.91 Å². The van der Waals surface area contributed by atoms with Crippen molar-refractivity contribution in [1.82, 2.24) is 5.32 Å². The maximum atomic E-state index is 11.1. The summed E-state index contributed by atoms with van der Waals surface area (Å²) in [5, 5.41) is 3.01. The summed E-state index contributed by atoms with van der Waals surface area (Å²) in [5.74, 6) is 1.76. The Balaban J connectivity index is 1.88. The van der Waals surface area contributed by atoms with Crippen molar-refractivity contribution in [3.63, 3.8) is 0 Å². The van der Waals surface area contributed by atoms with E-state index >= 15 is 0 Å². The number of hydrogen-bond acceptors (Lipinski definition) is 1. The molecule has 2 aliphatic carbocycles. The third-order valence-corrected chi connectivity index (χ3v) is 3.42. The molecule has 1 N–H and O–H groups in total. The van der Waals surface area contributed by atoms with Gasteiger partial charge in [-0.25, -0.2) is 0 Å². The first-order valence-corrected chi connectivity index (χ1v) is 5.21. The van der Waals surface area contributed by atoms with E-state index < -0.39 is 0 Å². The Morgan fingerprint density at radius 3 is 2.38 bits per heavy atom. The van der Waals surface area contributed by atoms with Gasteiger partial charge in [-0.3, -0.25) is 4.79 Å². The van der Waals surface area contributed by atoms with E-state index in [9.17, 15) is 4.79 Å².